The highest BCUT2D eigenvalue weighted by molar-refractivity contribution is 6.32. The topological polar surface area (TPSA) is 24.1 Å². The molecule has 0 spiro atoms. The van der Waals surface area contributed by atoms with Crippen LogP contribution in [-0.4, -0.2) is 28.5 Å². The lowest BCUT2D eigenvalue weighted by Gasteiger charge is -2.52. The van der Waals surface area contributed by atoms with E-state index in [1.165, 1.54) is 0 Å². The smallest absolute Gasteiger partial charge is 0.112 e. The Morgan fingerprint density at radius 2 is 1.65 bits per heavy atom. The van der Waals surface area contributed by atoms with Crippen molar-refractivity contribution in [3.63, 3.8) is 0 Å². The van der Waals surface area contributed by atoms with E-state index in [2.05, 4.69) is 52.2 Å². The van der Waals surface area contributed by atoms with Crippen LogP contribution in [0.3, 0.4) is 0 Å². The minimum absolute atomic E-state index is 0.0970. The minimum atomic E-state index is -0.521. The Morgan fingerprint density at radius 3 is 2.05 bits per heavy atom. The van der Waals surface area contributed by atoms with Crippen LogP contribution in [0.4, 0.5) is 0 Å². The van der Waals surface area contributed by atoms with Gasteiger partial charge in [0.1, 0.15) is 5.00 Å². The molecule has 4 heteroatoms. The van der Waals surface area contributed by atoms with Gasteiger partial charge in [-0.1, -0.05) is 40.5 Å². The molecule has 0 aromatic rings. The van der Waals surface area contributed by atoms with Crippen LogP contribution < -0.4 is 10.6 Å². The first-order valence-electron chi connectivity index (χ1n) is 8.04. The lowest BCUT2D eigenvalue weighted by Crippen LogP contribution is -2.64. The molecule has 0 heterocycles. The van der Waals surface area contributed by atoms with Gasteiger partial charge in [-0.2, -0.15) is 0 Å². The predicted molar refractivity (Wildman–Crippen MR) is 90.8 cm³/mol. The van der Waals surface area contributed by atoms with Gasteiger partial charge in [-0.05, 0) is 32.1 Å². The average molecular weight is 323 g/mol. The van der Waals surface area contributed by atoms with Gasteiger partial charge < -0.3 is 5.32 Å². The van der Waals surface area contributed by atoms with Gasteiger partial charge in [0.25, 0.3) is 0 Å². The van der Waals surface area contributed by atoms with E-state index in [-0.39, 0.29) is 16.8 Å². The summed E-state index contributed by atoms with van der Waals surface area (Å²) in [5, 5.41) is 7.06. The van der Waals surface area contributed by atoms with E-state index >= 15 is 0 Å². The molecule has 1 saturated carbocycles. The molecule has 3 unspecified atom stereocenters. The zero-order valence-electron chi connectivity index (χ0n) is 13.9. The summed E-state index contributed by atoms with van der Waals surface area (Å²) in [4.78, 5) is -0.521. The highest BCUT2D eigenvalue weighted by Gasteiger charge is 2.52. The van der Waals surface area contributed by atoms with Crippen LogP contribution in [0.15, 0.2) is 0 Å². The second-order valence-corrected chi connectivity index (χ2v) is 8.22. The summed E-state index contributed by atoms with van der Waals surface area (Å²) in [7, 11) is 0. The third-order valence-electron chi connectivity index (χ3n) is 4.65. The number of alkyl halides is 2. The molecule has 0 radical (unpaired) electrons. The number of hydrogen-bond donors (Lipinski definition) is 2. The molecule has 20 heavy (non-hydrogen) atoms. The molecule has 1 aliphatic rings. The van der Waals surface area contributed by atoms with Crippen molar-refractivity contribution in [2.24, 2.45) is 5.41 Å². The predicted octanol–water partition coefficient (Wildman–Crippen LogP) is 4.49. The van der Waals surface area contributed by atoms with E-state index < -0.39 is 5.00 Å². The van der Waals surface area contributed by atoms with E-state index in [1.54, 1.807) is 0 Å². The fraction of sp³-hybridized carbons (Fsp3) is 1.00. The Labute approximate surface area is 135 Å². The SMILES string of the molecule is CCC1(CC)CC(NC(C)C)C(Cl)C(Cl)(NC(C)C)C1. The van der Waals surface area contributed by atoms with Crippen molar-refractivity contribution in [1.82, 2.24) is 10.6 Å². The standard InChI is InChI=1S/C16H32Cl2N2/c1-7-15(8-2)9-13(19-11(3)4)14(17)16(18,10-15)20-12(5)6/h11-14,19-20H,7-10H2,1-6H3. The van der Waals surface area contributed by atoms with Crippen molar-refractivity contribution < 1.29 is 0 Å². The summed E-state index contributed by atoms with van der Waals surface area (Å²) in [6.07, 6.45) is 4.35. The van der Waals surface area contributed by atoms with Crippen molar-refractivity contribution in [3.8, 4) is 0 Å². The molecule has 0 aromatic heterocycles. The van der Waals surface area contributed by atoms with E-state index in [0.717, 1.165) is 25.7 Å². The third kappa shape index (κ3) is 4.25. The molecule has 0 aromatic carbocycles. The molecule has 0 saturated heterocycles. The van der Waals surface area contributed by atoms with Crippen molar-refractivity contribution in [2.75, 3.05) is 0 Å². The number of hydrogen-bond acceptors (Lipinski definition) is 2. The summed E-state index contributed by atoms with van der Waals surface area (Å²) in [6, 6.07) is 1.01. The Balaban J connectivity index is 3.03. The van der Waals surface area contributed by atoms with Crippen LogP contribution in [-0.2, 0) is 0 Å². The molecule has 0 aliphatic heterocycles. The zero-order chi connectivity index (χ0) is 15.6. The monoisotopic (exact) mass is 322 g/mol. The van der Waals surface area contributed by atoms with Crippen LogP contribution in [0, 0.1) is 5.41 Å². The first-order chi connectivity index (χ1) is 9.18. The van der Waals surface area contributed by atoms with Crippen molar-refractivity contribution in [1.29, 1.82) is 0 Å². The van der Waals surface area contributed by atoms with Gasteiger partial charge in [0.05, 0.1) is 5.38 Å². The van der Waals surface area contributed by atoms with Gasteiger partial charge in [-0.15, -0.1) is 23.2 Å². The largest absolute Gasteiger partial charge is 0.310 e. The number of nitrogens with one attached hydrogen (secondary N) is 2. The Bertz CT molecular complexity index is 303. The van der Waals surface area contributed by atoms with E-state index in [0.29, 0.717) is 12.1 Å². The summed E-state index contributed by atoms with van der Waals surface area (Å²) in [5.41, 5.74) is 0.279. The summed E-state index contributed by atoms with van der Waals surface area (Å²) in [6.45, 7) is 13.2. The van der Waals surface area contributed by atoms with Gasteiger partial charge in [-0.25, -0.2) is 0 Å². The number of halogens is 2. The second-order valence-electron chi connectivity index (χ2n) is 7.08. The summed E-state index contributed by atoms with van der Waals surface area (Å²) in [5.74, 6) is 0. The molecular weight excluding hydrogens is 291 g/mol. The highest BCUT2D eigenvalue weighted by atomic mass is 35.5. The average Bonchev–Trinajstić information content (AvgIpc) is 2.33. The Hall–Kier alpha value is 0.500. The lowest BCUT2D eigenvalue weighted by molar-refractivity contribution is 0.0921. The first kappa shape index (κ1) is 18.5. The maximum atomic E-state index is 6.96. The maximum absolute atomic E-state index is 6.96. The molecule has 3 atom stereocenters. The molecule has 2 nitrogen and oxygen atoms in total. The van der Waals surface area contributed by atoms with E-state index in [9.17, 15) is 0 Å². The highest BCUT2D eigenvalue weighted by Crippen LogP contribution is 2.50. The van der Waals surface area contributed by atoms with Crippen LogP contribution >= 0.6 is 23.2 Å². The van der Waals surface area contributed by atoms with Gasteiger partial charge in [0.2, 0.25) is 0 Å². The zero-order valence-corrected chi connectivity index (χ0v) is 15.4. The summed E-state index contributed by atoms with van der Waals surface area (Å²) < 4.78 is 0. The Morgan fingerprint density at radius 1 is 1.10 bits per heavy atom. The van der Waals surface area contributed by atoms with Crippen LogP contribution in [0.5, 0.6) is 0 Å². The fourth-order valence-corrected chi connectivity index (χ4v) is 4.53. The molecule has 1 rings (SSSR count). The molecular formula is C16H32Cl2N2. The minimum Gasteiger partial charge on any atom is -0.310 e. The summed E-state index contributed by atoms with van der Waals surface area (Å²) >= 11 is 13.7. The van der Waals surface area contributed by atoms with Crippen molar-refractivity contribution >= 4 is 23.2 Å². The molecule has 0 amide bonds. The van der Waals surface area contributed by atoms with Crippen LogP contribution in [0.1, 0.15) is 67.2 Å². The fourth-order valence-electron chi connectivity index (χ4n) is 3.58. The molecule has 1 fully saturated rings. The lowest BCUT2D eigenvalue weighted by atomic mass is 9.66. The van der Waals surface area contributed by atoms with E-state index in [4.69, 9.17) is 23.2 Å². The van der Waals surface area contributed by atoms with Crippen molar-refractivity contribution in [2.45, 2.75) is 95.7 Å². The van der Waals surface area contributed by atoms with E-state index in [1.807, 2.05) is 0 Å². The molecule has 1 aliphatic carbocycles. The third-order valence-corrected chi connectivity index (χ3v) is 5.92. The van der Waals surface area contributed by atoms with Crippen LogP contribution in [0.2, 0.25) is 0 Å². The van der Waals surface area contributed by atoms with Crippen molar-refractivity contribution in [3.05, 3.63) is 0 Å². The molecule has 2 N–H and O–H groups in total. The van der Waals surface area contributed by atoms with Gasteiger partial charge in [0, 0.05) is 18.1 Å². The second kappa shape index (κ2) is 7.17. The molecule has 0 bridgehead atoms. The normalized spacial score (nSPS) is 33.9. The van der Waals surface area contributed by atoms with Gasteiger partial charge in [-0.3, -0.25) is 5.32 Å². The quantitative estimate of drug-likeness (QED) is 0.556. The van der Waals surface area contributed by atoms with Crippen LogP contribution in [0.25, 0.3) is 0 Å². The van der Waals surface area contributed by atoms with Gasteiger partial charge >= 0.3 is 0 Å². The first-order valence-corrected chi connectivity index (χ1v) is 8.86. The molecule has 120 valence electrons. The van der Waals surface area contributed by atoms with Gasteiger partial charge in [0.15, 0.2) is 0 Å². The maximum Gasteiger partial charge on any atom is 0.112 e. The number of rotatable bonds is 6. The Kier molecular flexibility index (Phi) is 6.65.